The number of ether oxygens (including phenoxy) is 1. The second-order valence-corrected chi connectivity index (χ2v) is 4.30. The first-order valence-electron chi connectivity index (χ1n) is 5.90. The lowest BCUT2D eigenvalue weighted by atomic mass is 10.3. The third-order valence-electron chi connectivity index (χ3n) is 2.93. The molecule has 2 rings (SSSR count). The third kappa shape index (κ3) is 3.19. The summed E-state index contributed by atoms with van der Waals surface area (Å²) in [6.07, 6.45) is 0.0621. The van der Waals surface area contributed by atoms with Gasteiger partial charge in [0.25, 0.3) is 5.91 Å². The number of likely N-dealkylation sites (tertiary alicyclic amines) is 1. The van der Waals surface area contributed by atoms with Crippen LogP contribution in [-0.2, 0) is 4.79 Å². The number of amides is 1. The molecule has 1 N–H and O–H groups in total. The molecule has 1 aromatic rings. The normalized spacial score (nSPS) is 18.4. The lowest BCUT2D eigenvalue weighted by molar-refractivity contribution is -0.385. The lowest BCUT2D eigenvalue weighted by Crippen LogP contribution is -2.33. The first-order valence-corrected chi connectivity index (χ1v) is 5.90. The zero-order valence-electron chi connectivity index (χ0n) is 10.2. The Hall–Kier alpha value is -2.15. The molecule has 1 amide bonds. The highest BCUT2D eigenvalue weighted by Gasteiger charge is 2.25. The molecule has 1 heterocycles. The summed E-state index contributed by atoms with van der Waals surface area (Å²) in [6, 6.07) is 5.90. The molecule has 7 nitrogen and oxygen atoms in total. The van der Waals surface area contributed by atoms with E-state index in [-0.39, 0.29) is 24.0 Å². The standard InChI is InChI=1S/C12H14N2O5/c15-9-5-6-13(7-9)12(16)8-19-11-4-2-1-3-10(11)14(17)18/h1-4,9,15H,5-8H2/t9-/m0/s1. The van der Waals surface area contributed by atoms with Crippen LogP contribution in [0, 0.1) is 10.1 Å². The van der Waals surface area contributed by atoms with Crippen LogP contribution >= 0.6 is 0 Å². The molecule has 1 atom stereocenters. The average Bonchev–Trinajstić information content (AvgIpc) is 2.83. The minimum atomic E-state index is -0.556. The summed E-state index contributed by atoms with van der Waals surface area (Å²) in [5.74, 6) is -0.213. The second-order valence-electron chi connectivity index (χ2n) is 4.30. The molecule has 0 unspecified atom stereocenters. The molecular formula is C12H14N2O5. The number of nitrogens with zero attached hydrogens (tertiary/aromatic N) is 2. The number of nitro groups is 1. The van der Waals surface area contributed by atoms with Gasteiger partial charge in [0.05, 0.1) is 11.0 Å². The first-order chi connectivity index (χ1) is 9.08. The Morgan fingerprint density at radius 3 is 2.89 bits per heavy atom. The number of rotatable bonds is 4. The molecule has 1 aliphatic heterocycles. The summed E-state index contributed by atoms with van der Waals surface area (Å²) >= 11 is 0. The average molecular weight is 266 g/mol. The smallest absolute Gasteiger partial charge is 0.310 e. The van der Waals surface area contributed by atoms with Crippen molar-refractivity contribution < 1.29 is 19.6 Å². The van der Waals surface area contributed by atoms with Crippen LogP contribution in [0.25, 0.3) is 0 Å². The highest BCUT2D eigenvalue weighted by molar-refractivity contribution is 5.78. The van der Waals surface area contributed by atoms with Crippen LogP contribution in [0.5, 0.6) is 5.75 Å². The summed E-state index contributed by atoms with van der Waals surface area (Å²) in [4.78, 5) is 23.5. The molecule has 19 heavy (non-hydrogen) atoms. The Balaban J connectivity index is 1.95. The Morgan fingerprint density at radius 1 is 1.53 bits per heavy atom. The van der Waals surface area contributed by atoms with E-state index in [2.05, 4.69) is 0 Å². The van der Waals surface area contributed by atoms with Gasteiger partial charge in [-0.1, -0.05) is 12.1 Å². The number of carbonyl (C=O) groups is 1. The van der Waals surface area contributed by atoms with E-state index in [0.717, 1.165) is 0 Å². The highest BCUT2D eigenvalue weighted by atomic mass is 16.6. The number of carbonyl (C=O) groups excluding carboxylic acids is 1. The fraction of sp³-hybridized carbons (Fsp3) is 0.417. The third-order valence-corrected chi connectivity index (χ3v) is 2.93. The summed E-state index contributed by atoms with van der Waals surface area (Å²) in [7, 11) is 0. The van der Waals surface area contributed by atoms with Crippen molar-refractivity contribution in [2.45, 2.75) is 12.5 Å². The molecular weight excluding hydrogens is 252 g/mol. The van der Waals surface area contributed by atoms with E-state index in [4.69, 9.17) is 4.74 Å². The summed E-state index contributed by atoms with van der Waals surface area (Å²) < 4.78 is 5.19. The number of β-amino-alcohol motifs (C(OH)–C–C–N with tert-alkyl or cyclic N) is 1. The number of nitro benzene ring substituents is 1. The van der Waals surface area contributed by atoms with Crippen LogP contribution in [-0.4, -0.2) is 46.6 Å². The predicted octanol–water partition coefficient (Wildman–Crippen LogP) is 0.567. The van der Waals surface area contributed by atoms with Gasteiger partial charge in [-0.3, -0.25) is 14.9 Å². The van der Waals surface area contributed by atoms with Gasteiger partial charge >= 0.3 is 5.69 Å². The van der Waals surface area contributed by atoms with Crippen molar-refractivity contribution in [3.63, 3.8) is 0 Å². The van der Waals surface area contributed by atoms with Gasteiger partial charge in [-0.15, -0.1) is 0 Å². The number of aliphatic hydroxyl groups is 1. The van der Waals surface area contributed by atoms with Crippen LogP contribution in [0.4, 0.5) is 5.69 Å². The molecule has 0 aliphatic carbocycles. The van der Waals surface area contributed by atoms with Crippen LogP contribution in [0.15, 0.2) is 24.3 Å². The predicted molar refractivity (Wildman–Crippen MR) is 65.8 cm³/mol. The first kappa shape index (κ1) is 13.3. The van der Waals surface area contributed by atoms with Crippen molar-refractivity contribution in [2.75, 3.05) is 19.7 Å². The van der Waals surface area contributed by atoms with E-state index in [1.54, 1.807) is 6.07 Å². The molecule has 0 radical (unpaired) electrons. The van der Waals surface area contributed by atoms with Crippen LogP contribution in [0.2, 0.25) is 0 Å². The van der Waals surface area contributed by atoms with Gasteiger partial charge in [0.2, 0.25) is 0 Å². The molecule has 1 aliphatic rings. The van der Waals surface area contributed by atoms with Crippen molar-refractivity contribution in [1.29, 1.82) is 0 Å². The van der Waals surface area contributed by atoms with E-state index in [9.17, 15) is 20.0 Å². The minimum Gasteiger partial charge on any atom is -0.477 e. The molecule has 0 spiro atoms. The number of hydrogen-bond acceptors (Lipinski definition) is 5. The van der Waals surface area contributed by atoms with E-state index >= 15 is 0 Å². The Morgan fingerprint density at radius 2 is 2.26 bits per heavy atom. The van der Waals surface area contributed by atoms with Crippen LogP contribution in [0.1, 0.15) is 6.42 Å². The molecule has 7 heteroatoms. The zero-order chi connectivity index (χ0) is 13.8. The Labute approximate surface area is 109 Å². The fourth-order valence-corrected chi connectivity index (χ4v) is 1.93. The molecule has 102 valence electrons. The van der Waals surface area contributed by atoms with Gasteiger partial charge in [0.1, 0.15) is 0 Å². The maximum absolute atomic E-state index is 11.8. The van der Waals surface area contributed by atoms with Crippen molar-refractivity contribution in [3.05, 3.63) is 34.4 Å². The van der Waals surface area contributed by atoms with Crippen molar-refractivity contribution in [3.8, 4) is 5.75 Å². The molecule has 0 saturated carbocycles. The molecule has 0 aromatic heterocycles. The van der Waals surface area contributed by atoms with Crippen LogP contribution in [0.3, 0.4) is 0 Å². The fourth-order valence-electron chi connectivity index (χ4n) is 1.93. The second kappa shape index (κ2) is 5.66. The van der Waals surface area contributed by atoms with Crippen molar-refractivity contribution >= 4 is 11.6 Å². The van der Waals surface area contributed by atoms with E-state index in [0.29, 0.717) is 19.5 Å². The van der Waals surface area contributed by atoms with Gasteiger partial charge < -0.3 is 14.7 Å². The van der Waals surface area contributed by atoms with E-state index in [1.807, 2.05) is 0 Å². The SMILES string of the molecule is O=C(COc1ccccc1[N+](=O)[O-])N1CC[C@H](O)C1. The number of benzene rings is 1. The summed E-state index contributed by atoms with van der Waals surface area (Å²) in [5.41, 5.74) is -0.170. The topological polar surface area (TPSA) is 92.9 Å². The maximum atomic E-state index is 11.8. The van der Waals surface area contributed by atoms with Crippen LogP contribution < -0.4 is 4.74 Å². The van der Waals surface area contributed by atoms with Gasteiger partial charge in [0.15, 0.2) is 12.4 Å². The number of para-hydroxylation sites is 2. The zero-order valence-corrected chi connectivity index (χ0v) is 10.2. The lowest BCUT2D eigenvalue weighted by Gasteiger charge is -2.15. The number of hydrogen-bond donors (Lipinski definition) is 1. The minimum absolute atomic E-state index is 0.0700. The van der Waals surface area contributed by atoms with Crippen molar-refractivity contribution in [1.82, 2.24) is 4.90 Å². The van der Waals surface area contributed by atoms with E-state index in [1.165, 1.54) is 23.1 Å². The quantitative estimate of drug-likeness (QED) is 0.635. The van der Waals surface area contributed by atoms with Gasteiger partial charge in [-0.25, -0.2) is 0 Å². The molecule has 1 aromatic carbocycles. The highest BCUT2D eigenvalue weighted by Crippen LogP contribution is 2.25. The van der Waals surface area contributed by atoms with E-state index < -0.39 is 11.0 Å². The Bertz CT molecular complexity index is 491. The van der Waals surface area contributed by atoms with Crippen molar-refractivity contribution in [2.24, 2.45) is 0 Å². The largest absolute Gasteiger partial charge is 0.477 e. The van der Waals surface area contributed by atoms with Gasteiger partial charge in [-0.2, -0.15) is 0 Å². The summed E-state index contributed by atoms with van der Waals surface area (Å²) in [6.45, 7) is 0.511. The molecule has 0 bridgehead atoms. The van der Waals surface area contributed by atoms with Gasteiger partial charge in [-0.05, 0) is 12.5 Å². The monoisotopic (exact) mass is 266 g/mol. The number of aliphatic hydroxyl groups excluding tert-OH is 1. The molecule has 1 saturated heterocycles. The summed E-state index contributed by atoms with van der Waals surface area (Å²) in [5, 5.41) is 20.1. The molecule has 1 fully saturated rings. The maximum Gasteiger partial charge on any atom is 0.310 e. The Kier molecular flexibility index (Phi) is 3.96. The van der Waals surface area contributed by atoms with Gasteiger partial charge in [0, 0.05) is 19.2 Å².